The van der Waals surface area contributed by atoms with Crippen molar-refractivity contribution in [2.45, 2.75) is 17.5 Å². The molecule has 0 unspecified atom stereocenters. The van der Waals surface area contributed by atoms with Crippen molar-refractivity contribution in [2.24, 2.45) is 0 Å². The fourth-order valence-electron chi connectivity index (χ4n) is 3.34. The molecule has 33 heavy (non-hydrogen) atoms. The average molecular weight is 479 g/mol. The van der Waals surface area contributed by atoms with Gasteiger partial charge in [0.05, 0.1) is 25.6 Å². The number of ether oxygens (including phenoxy) is 1. The van der Waals surface area contributed by atoms with E-state index in [1.54, 1.807) is 19.6 Å². The van der Waals surface area contributed by atoms with E-state index in [2.05, 4.69) is 15.2 Å². The summed E-state index contributed by atoms with van der Waals surface area (Å²) < 4.78 is 18.6. The lowest BCUT2D eigenvalue weighted by Gasteiger charge is -2.09. The molecule has 0 bridgehead atoms. The molecule has 0 fully saturated rings. The van der Waals surface area contributed by atoms with Crippen LogP contribution in [0.2, 0.25) is 5.02 Å². The molecule has 5 aromatic rings. The molecule has 0 aliphatic carbocycles. The van der Waals surface area contributed by atoms with Crippen molar-refractivity contribution in [1.82, 2.24) is 19.7 Å². The van der Waals surface area contributed by atoms with Gasteiger partial charge in [0.15, 0.2) is 11.0 Å². The second-order valence-electron chi connectivity index (χ2n) is 7.15. The first kappa shape index (κ1) is 21.4. The zero-order valence-electron chi connectivity index (χ0n) is 17.6. The number of hydrogen-bond acceptors (Lipinski definition) is 7. The molecule has 3 heterocycles. The third kappa shape index (κ3) is 4.81. The smallest absolute Gasteiger partial charge is 0.226 e. The molecule has 0 N–H and O–H groups in total. The van der Waals surface area contributed by atoms with E-state index in [0.29, 0.717) is 23.2 Å². The van der Waals surface area contributed by atoms with Crippen molar-refractivity contribution >= 4 is 23.4 Å². The van der Waals surface area contributed by atoms with Crippen molar-refractivity contribution in [3.05, 3.63) is 89.7 Å². The van der Waals surface area contributed by atoms with Gasteiger partial charge in [0.25, 0.3) is 0 Å². The van der Waals surface area contributed by atoms with E-state index in [1.165, 1.54) is 11.8 Å². The molecule has 3 aromatic heterocycles. The maximum Gasteiger partial charge on any atom is 0.226 e. The number of methoxy groups -OCH3 is 1. The Morgan fingerprint density at radius 3 is 2.70 bits per heavy atom. The number of furan rings is 1. The van der Waals surface area contributed by atoms with Crippen LogP contribution in [-0.4, -0.2) is 26.9 Å². The third-order valence-electron chi connectivity index (χ3n) is 4.91. The molecule has 0 amide bonds. The molecule has 0 saturated heterocycles. The zero-order valence-corrected chi connectivity index (χ0v) is 19.2. The van der Waals surface area contributed by atoms with Crippen molar-refractivity contribution in [2.75, 3.05) is 7.11 Å². The minimum Gasteiger partial charge on any atom is -0.497 e. The van der Waals surface area contributed by atoms with E-state index < -0.39 is 0 Å². The molecule has 0 aliphatic rings. The fraction of sp³-hybridized carbons (Fsp3) is 0.125. The van der Waals surface area contributed by atoms with Crippen molar-refractivity contribution in [3.8, 4) is 28.6 Å². The Kier molecular flexibility index (Phi) is 6.19. The number of halogens is 1. The zero-order chi connectivity index (χ0) is 22.6. The fourth-order valence-corrected chi connectivity index (χ4v) is 4.34. The van der Waals surface area contributed by atoms with Gasteiger partial charge in [-0.05, 0) is 42.5 Å². The van der Waals surface area contributed by atoms with Crippen LogP contribution >= 0.6 is 23.4 Å². The van der Waals surface area contributed by atoms with Gasteiger partial charge < -0.3 is 13.6 Å². The molecule has 0 spiro atoms. The summed E-state index contributed by atoms with van der Waals surface area (Å²) in [6.45, 7) is 0.501. The van der Waals surface area contributed by atoms with Crippen LogP contribution < -0.4 is 4.74 Å². The molecule has 0 radical (unpaired) electrons. The Bertz CT molecular complexity index is 1360. The quantitative estimate of drug-likeness (QED) is 0.246. The largest absolute Gasteiger partial charge is 0.497 e. The summed E-state index contributed by atoms with van der Waals surface area (Å²) in [5.74, 6) is 3.39. The summed E-state index contributed by atoms with van der Waals surface area (Å²) in [6.07, 6.45) is 3.31. The van der Waals surface area contributed by atoms with Crippen LogP contribution in [0.25, 0.3) is 22.8 Å². The Hall–Kier alpha value is -3.49. The highest BCUT2D eigenvalue weighted by Crippen LogP contribution is 2.30. The van der Waals surface area contributed by atoms with E-state index in [9.17, 15) is 0 Å². The maximum absolute atomic E-state index is 6.08. The second kappa shape index (κ2) is 9.56. The van der Waals surface area contributed by atoms with E-state index in [4.69, 9.17) is 25.2 Å². The highest BCUT2D eigenvalue weighted by Gasteiger charge is 2.17. The van der Waals surface area contributed by atoms with Crippen LogP contribution in [0.1, 0.15) is 11.5 Å². The SMILES string of the molecule is COc1cccc(-c2nnc(SCc3coc(-c4cccc(Cl)c4)n3)n2Cc2ccco2)c1. The van der Waals surface area contributed by atoms with Gasteiger partial charge in [0, 0.05) is 21.9 Å². The number of nitrogens with zero attached hydrogens (tertiary/aromatic N) is 4. The number of hydrogen-bond donors (Lipinski definition) is 0. The minimum absolute atomic E-state index is 0.501. The number of rotatable bonds is 8. The van der Waals surface area contributed by atoms with E-state index >= 15 is 0 Å². The lowest BCUT2D eigenvalue weighted by atomic mass is 10.2. The summed E-state index contributed by atoms with van der Waals surface area (Å²) >= 11 is 7.61. The van der Waals surface area contributed by atoms with Gasteiger partial charge in [-0.25, -0.2) is 4.98 Å². The standard InChI is InChI=1S/C24H19ClN4O3S/c1-30-20-8-3-5-16(12-20)22-27-28-24(29(22)13-21-9-4-10-31-21)33-15-19-14-32-23(26-19)17-6-2-7-18(25)11-17/h2-12,14H,13,15H2,1H3. The average Bonchev–Trinajstić information content (AvgIpc) is 3.60. The molecular weight excluding hydrogens is 460 g/mol. The first-order valence-electron chi connectivity index (χ1n) is 10.1. The van der Waals surface area contributed by atoms with Gasteiger partial charge in [-0.2, -0.15) is 0 Å². The van der Waals surface area contributed by atoms with Crippen LogP contribution in [0, 0.1) is 0 Å². The Morgan fingerprint density at radius 1 is 1.00 bits per heavy atom. The topological polar surface area (TPSA) is 79.1 Å². The number of oxazole rings is 1. The summed E-state index contributed by atoms with van der Waals surface area (Å²) in [5, 5.41) is 10.3. The normalized spacial score (nSPS) is 11.1. The van der Waals surface area contributed by atoms with Crippen LogP contribution in [-0.2, 0) is 12.3 Å². The third-order valence-corrected chi connectivity index (χ3v) is 6.15. The summed E-state index contributed by atoms with van der Waals surface area (Å²) in [6, 6.07) is 19.0. The Balaban J connectivity index is 1.40. The molecule has 0 aliphatic heterocycles. The van der Waals surface area contributed by atoms with Crippen molar-refractivity contribution < 1.29 is 13.6 Å². The number of thioether (sulfide) groups is 1. The van der Waals surface area contributed by atoms with E-state index in [0.717, 1.165) is 39.3 Å². The number of aromatic nitrogens is 4. The minimum atomic E-state index is 0.501. The molecular formula is C24H19ClN4O3S. The Labute approximate surface area is 199 Å². The van der Waals surface area contributed by atoms with Gasteiger partial charge in [-0.15, -0.1) is 10.2 Å². The molecule has 9 heteroatoms. The van der Waals surface area contributed by atoms with Gasteiger partial charge in [0.2, 0.25) is 5.89 Å². The van der Waals surface area contributed by atoms with Gasteiger partial charge >= 0.3 is 0 Å². The van der Waals surface area contributed by atoms with Crippen LogP contribution in [0.4, 0.5) is 0 Å². The lowest BCUT2D eigenvalue weighted by Crippen LogP contribution is -2.03. The van der Waals surface area contributed by atoms with Crippen LogP contribution in [0.3, 0.4) is 0 Å². The number of benzene rings is 2. The van der Waals surface area contributed by atoms with Crippen molar-refractivity contribution in [1.29, 1.82) is 0 Å². The summed E-state index contributed by atoms with van der Waals surface area (Å²) in [4.78, 5) is 4.59. The summed E-state index contributed by atoms with van der Waals surface area (Å²) in [5.41, 5.74) is 2.54. The first-order valence-corrected chi connectivity index (χ1v) is 11.5. The highest BCUT2D eigenvalue weighted by atomic mass is 35.5. The predicted molar refractivity (Wildman–Crippen MR) is 126 cm³/mol. The lowest BCUT2D eigenvalue weighted by molar-refractivity contribution is 0.415. The molecule has 166 valence electrons. The highest BCUT2D eigenvalue weighted by molar-refractivity contribution is 7.98. The Morgan fingerprint density at radius 2 is 1.88 bits per heavy atom. The van der Waals surface area contributed by atoms with E-state index in [-0.39, 0.29) is 0 Å². The molecule has 0 atom stereocenters. The predicted octanol–water partition coefficient (Wildman–Crippen LogP) is 6.20. The van der Waals surface area contributed by atoms with Gasteiger partial charge in [-0.3, -0.25) is 4.57 Å². The maximum atomic E-state index is 6.08. The van der Waals surface area contributed by atoms with Crippen molar-refractivity contribution in [3.63, 3.8) is 0 Å². The molecule has 2 aromatic carbocycles. The molecule has 0 saturated carbocycles. The summed E-state index contributed by atoms with van der Waals surface area (Å²) in [7, 11) is 1.64. The van der Waals surface area contributed by atoms with Crippen LogP contribution in [0.5, 0.6) is 5.75 Å². The monoisotopic (exact) mass is 478 g/mol. The van der Waals surface area contributed by atoms with E-state index in [1.807, 2.05) is 65.2 Å². The van der Waals surface area contributed by atoms with Gasteiger partial charge in [0.1, 0.15) is 17.8 Å². The molecule has 5 rings (SSSR count). The first-order chi connectivity index (χ1) is 16.2. The van der Waals surface area contributed by atoms with Crippen LogP contribution in [0.15, 0.2) is 87.2 Å². The molecule has 7 nitrogen and oxygen atoms in total. The van der Waals surface area contributed by atoms with Gasteiger partial charge in [-0.1, -0.05) is 41.6 Å². The second-order valence-corrected chi connectivity index (χ2v) is 8.53.